The van der Waals surface area contributed by atoms with Crippen molar-refractivity contribution in [2.75, 3.05) is 7.11 Å². The number of benzene rings is 2. The van der Waals surface area contributed by atoms with Crippen LogP contribution in [0.4, 0.5) is 13.2 Å². The van der Waals surface area contributed by atoms with Crippen LogP contribution in [0.2, 0.25) is 0 Å². The Bertz CT molecular complexity index is 1500. The lowest BCUT2D eigenvalue weighted by Gasteiger charge is -2.26. The molecule has 0 spiro atoms. The maximum atomic E-state index is 13.3. The van der Waals surface area contributed by atoms with Crippen LogP contribution in [0.5, 0.6) is 11.5 Å². The molecule has 1 unspecified atom stereocenters. The summed E-state index contributed by atoms with van der Waals surface area (Å²) in [4.78, 5) is 21.4. The molecule has 192 valence electrons. The smallest absolute Gasteiger partial charge is 0.433 e. The normalized spacial score (nSPS) is 15.4. The van der Waals surface area contributed by atoms with Crippen LogP contribution in [0.1, 0.15) is 52.0 Å². The number of aromatic nitrogens is 2. The largest absolute Gasteiger partial charge is 0.508 e. The van der Waals surface area contributed by atoms with Gasteiger partial charge in [0, 0.05) is 10.9 Å². The quantitative estimate of drug-likeness (QED) is 0.348. The SMILES string of the molecule is COc1ccc(-c2nc(C(=O)NC3CCCc4cc(O)ccc43)c(CN)o2)c2ccc(C(F)(F)F)nc12. The molecule has 1 atom stereocenters. The lowest BCUT2D eigenvalue weighted by atomic mass is 9.87. The Hall–Kier alpha value is -4.12. The van der Waals surface area contributed by atoms with E-state index >= 15 is 0 Å². The van der Waals surface area contributed by atoms with Gasteiger partial charge in [0.05, 0.1) is 19.7 Å². The molecule has 2 aromatic heterocycles. The first kappa shape index (κ1) is 24.6. The van der Waals surface area contributed by atoms with E-state index in [1.165, 1.54) is 19.2 Å². The summed E-state index contributed by atoms with van der Waals surface area (Å²) in [7, 11) is 1.33. The number of alkyl halides is 3. The van der Waals surface area contributed by atoms with Crippen LogP contribution < -0.4 is 15.8 Å². The van der Waals surface area contributed by atoms with Gasteiger partial charge in [-0.25, -0.2) is 9.97 Å². The molecule has 0 fully saturated rings. The second-order valence-electron chi connectivity index (χ2n) is 8.70. The average molecular weight is 512 g/mol. The van der Waals surface area contributed by atoms with Crippen molar-refractivity contribution in [3.8, 4) is 23.0 Å². The number of amides is 1. The van der Waals surface area contributed by atoms with E-state index in [0.29, 0.717) is 17.4 Å². The molecule has 0 aliphatic heterocycles. The van der Waals surface area contributed by atoms with Crippen LogP contribution in [-0.4, -0.2) is 28.1 Å². The lowest BCUT2D eigenvalue weighted by Crippen LogP contribution is -2.32. The molecule has 1 aliphatic rings. The third-order valence-electron chi connectivity index (χ3n) is 6.40. The summed E-state index contributed by atoms with van der Waals surface area (Å²) in [6.07, 6.45) is -2.29. The molecule has 4 aromatic rings. The van der Waals surface area contributed by atoms with Crippen molar-refractivity contribution in [3.63, 3.8) is 0 Å². The van der Waals surface area contributed by atoms with Gasteiger partial charge in [-0.1, -0.05) is 6.07 Å². The lowest BCUT2D eigenvalue weighted by molar-refractivity contribution is -0.140. The fraction of sp³-hybridized carbons (Fsp3) is 0.269. The maximum absolute atomic E-state index is 13.3. The number of carbonyl (C=O) groups excluding carboxylic acids is 1. The summed E-state index contributed by atoms with van der Waals surface area (Å²) in [6, 6.07) is 9.95. The van der Waals surface area contributed by atoms with Crippen LogP contribution in [-0.2, 0) is 19.1 Å². The van der Waals surface area contributed by atoms with Gasteiger partial charge in [-0.05, 0) is 66.8 Å². The van der Waals surface area contributed by atoms with Gasteiger partial charge >= 0.3 is 6.18 Å². The number of nitrogens with one attached hydrogen (secondary N) is 1. The number of oxazole rings is 1. The Morgan fingerprint density at radius 3 is 2.76 bits per heavy atom. The van der Waals surface area contributed by atoms with Gasteiger partial charge in [0.2, 0.25) is 5.89 Å². The van der Waals surface area contributed by atoms with E-state index in [0.717, 1.165) is 30.0 Å². The minimum atomic E-state index is -4.63. The Morgan fingerprint density at radius 2 is 2.03 bits per heavy atom. The molecule has 5 rings (SSSR count). The summed E-state index contributed by atoms with van der Waals surface area (Å²) in [6.45, 7) is -0.116. The number of phenols is 1. The zero-order chi connectivity index (χ0) is 26.3. The molecule has 0 saturated carbocycles. The molecule has 2 aromatic carbocycles. The van der Waals surface area contributed by atoms with Gasteiger partial charge in [-0.2, -0.15) is 13.2 Å². The summed E-state index contributed by atoms with van der Waals surface area (Å²) in [5.74, 6) is -0.0141. The molecule has 0 bridgehead atoms. The molecular formula is C26H23F3N4O4. The number of halogens is 3. The number of nitrogens with two attached hydrogens (primary N) is 1. The molecule has 37 heavy (non-hydrogen) atoms. The Kier molecular flexibility index (Phi) is 6.24. The number of phenolic OH excluding ortho intramolecular Hbond substituents is 1. The van der Waals surface area contributed by atoms with Crippen molar-refractivity contribution in [2.24, 2.45) is 5.73 Å². The number of aryl methyl sites for hydroxylation is 1. The summed E-state index contributed by atoms with van der Waals surface area (Å²) in [5, 5.41) is 13.1. The number of ether oxygens (including phenoxy) is 1. The standard InChI is InChI=1S/C26H23F3N4O4/c1-36-19-9-7-17(16-8-10-21(26(27,28)29)32-22(16)19)25-33-23(20(12-30)37-25)24(35)31-18-4-2-3-13-11-14(34)5-6-15(13)18/h5-11,18,34H,2-4,12,30H2,1H3,(H,31,35). The molecule has 11 heteroatoms. The monoisotopic (exact) mass is 512 g/mol. The first-order valence-electron chi connectivity index (χ1n) is 11.6. The predicted molar refractivity (Wildman–Crippen MR) is 128 cm³/mol. The number of pyridine rings is 1. The highest BCUT2D eigenvalue weighted by Gasteiger charge is 2.33. The van der Waals surface area contributed by atoms with Crippen LogP contribution in [0.3, 0.4) is 0 Å². The molecule has 0 radical (unpaired) electrons. The van der Waals surface area contributed by atoms with E-state index in [1.807, 2.05) is 0 Å². The third-order valence-corrected chi connectivity index (χ3v) is 6.40. The molecule has 4 N–H and O–H groups in total. The number of rotatable bonds is 5. The fourth-order valence-electron chi connectivity index (χ4n) is 4.66. The van der Waals surface area contributed by atoms with Crippen molar-refractivity contribution in [1.82, 2.24) is 15.3 Å². The number of nitrogens with zero attached hydrogens (tertiary/aromatic N) is 2. The van der Waals surface area contributed by atoms with Crippen LogP contribution in [0.25, 0.3) is 22.4 Å². The number of hydrogen-bond donors (Lipinski definition) is 3. The zero-order valence-electron chi connectivity index (χ0n) is 19.7. The highest BCUT2D eigenvalue weighted by molar-refractivity contribution is 5.98. The number of methoxy groups -OCH3 is 1. The minimum absolute atomic E-state index is 0.00718. The van der Waals surface area contributed by atoms with Crippen molar-refractivity contribution < 1.29 is 32.2 Å². The van der Waals surface area contributed by atoms with E-state index in [1.54, 1.807) is 24.3 Å². The van der Waals surface area contributed by atoms with E-state index in [4.69, 9.17) is 14.9 Å². The molecule has 8 nitrogen and oxygen atoms in total. The molecule has 1 aliphatic carbocycles. The van der Waals surface area contributed by atoms with Gasteiger partial charge in [0.25, 0.3) is 5.91 Å². The van der Waals surface area contributed by atoms with Gasteiger partial charge in [0.15, 0.2) is 11.5 Å². The topological polar surface area (TPSA) is 124 Å². The van der Waals surface area contributed by atoms with Crippen molar-refractivity contribution >= 4 is 16.8 Å². The number of fused-ring (bicyclic) bond motifs is 2. The average Bonchev–Trinajstić information content (AvgIpc) is 3.31. The van der Waals surface area contributed by atoms with Crippen molar-refractivity contribution in [3.05, 3.63) is 70.7 Å². The van der Waals surface area contributed by atoms with Crippen LogP contribution in [0.15, 0.2) is 46.9 Å². The number of hydrogen-bond acceptors (Lipinski definition) is 7. The summed E-state index contributed by atoms with van der Waals surface area (Å²) >= 11 is 0. The van der Waals surface area contributed by atoms with Gasteiger partial charge in [0.1, 0.15) is 22.7 Å². The predicted octanol–water partition coefficient (Wildman–Crippen LogP) is 4.89. The Balaban J connectivity index is 1.51. The van der Waals surface area contributed by atoms with Gasteiger partial charge in [-0.15, -0.1) is 0 Å². The summed E-state index contributed by atoms with van der Waals surface area (Å²) in [5.41, 5.74) is 6.97. The highest BCUT2D eigenvalue weighted by Crippen LogP contribution is 2.37. The fourth-order valence-corrected chi connectivity index (χ4v) is 4.66. The Morgan fingerprint density at radius 1 is 1.22 bits per heavy atom. The molecule has 0 saturated heterocycles. The molecule has 2 heterocycles. The minimum Gasteiger partial charge on any atom is -0.508 e. The number of aromatic hydroxyl groups is 1. The molecule has 1 amide bonds. The van der Waals surface area contributed by atoms with Gasteiger partial charge in [-0.3, -0.25) is 4.79 Å². The van der Waals surface area contributed by atoms with Crippen molar-refractivity contribution in [1.29, 1.82) is 0 Å². The van der Waals surface area contributed by atoms with E-state index in [-0.39, 0.29) is 46.9 Å². The maximum Gasteiger partial charge on any atom is 0.433 e. The number of carbonyl (C=O) groups is 1. The first-order valence-corrected chi connectivity index (χ1v) is 11.6. The molecular weight excluding hydrogens is 489 g/mol. The third kappa shape index (κ3) is 4.57. The van der Waals surface area contributed by atoms with E-state index in [9.17, 15) is 23.1 Å². The zero-order valence-corrected chi connectivity index (χ0v) is 19.7. The van der Waals surface area contributed by atoms with Gasteiger partial charge < -0.3 is 25.3 Å². The van der Waals surface area contributed by atoms with E-state index < -0.39 is 17.8 Å². The van der Waals surface area contributed by atoms with Crippen LogP contribution >= 0.6 is 0 Å². The first-order chi connectivity index (χ1) is 17.7. The van der Waals surface area contributed by atoms with Crippen molar-refractivity contribution in [2.45, 2.75) is 38.0 Å². The summed E-state index contributed by atoms with van der Waals surface area (Å²) < 4.78 is 50.8. The highest BCUT2D eigenvalue weighted by atomic mass is 19.4. The second-order valence-corrected chi connectivity index (χ2v) is 8.70. The second kappa shape index (κ2) is 9.40. The van der Waals surface area contributed by atoms with E-state index in [2.05, 4.69) is 15.3 Å². The Labute approximate surface area is 209 Å². The van der Waals surface area contributed by atoms with Crippen LogP contribution in [0, 0.1) is 0 Å².